The zero-order valence-corrected chi connectivity index (χ0v) is 18.2. The summed E-state index contributed by atoms with van der Waals surface area (Å²) in [5.41, 5.74) is 7.92. The van der Waals surface area contributed by atoms with Crippen molar-refractivity contribution < 1.29 is 14.3 Å². The van der Waals surface area contributed by atoms with Gasteiger partial charge < -0.3 is 15.4 Å². The summed E-state index contributed by atoms with van der Waals surface area (Å²) in [4.78, 5) is 34.5. The van der Waals surface area contributed by atoms with Crippen LogP contribution in [0.3, 0.4) is 0 Å². The number of nitrogen functional groups attached to an aromatic ring is 1. The van der Waals surface area contributed by atoms with Gasteiger partial charge in [0.2, 0.25) is 0 Å². The average molecular weight is 429 g/mol. The van der Waals surface area contributed by atoms with Crippen LogP contribution in [0.5, 0.6) is 0 Å². The maximum atomic E-state index is 13.1. The van der Waals surface area contributed by atoms with Crippen LogP contribution in [0.1, 0.15) is 48.0 Å². The summed E-state index contributed by atoms with van der Waals surface area (Å²) in [6.45, 7) is 6.21. The monoisotopic (exact) mass is 428 g/mol. The van der Waals surface area contributed by atoms with E-state index in [1.165, 1.54) is 24.2 Å². The zero-order chi connectivity index (χ0) is 20.9. The molecule has 1 aromatic heterocycles. The lowest BCUT2D eigenvalue weighted by Crippen LogP contribution is -2.45. The number of ether oxygens (including phenoxy) is 1. The number of piperidine rings is 1. The summed E-state index contributed by atoms with van der Waals surface area (Å²) in [6.07, 6.45) is 4.63. The van der Waals surface area contributed by atoms with Gasteiger partial charge in [-0.2, -0.15) is 0 Å². The average Bonchev–Trinajstić information content (AvgIpc) is 3.42. The SMILES string of the molecule is Cc1cc(C(=O)N2CCC3(CC2)CC(CN2CCCC2)OC3=O)cc2sc(N)nc12. The minimum atomic E-state index is -0.410. The molecule has 160 valence electrons. The highest BCUT2D eigenvalue weighted by Gasteiger charge is 2.51. The van der Waals surface area contributed by atoms with E-state index in [0.717, 1.165) is 41.8 Å². The number of hydrogen-bond donors (Lipinski definition) is 1. The molecule has 7 nitrogen and oxygen atoms in total. The number of thiazole rings is 1. The number of amides is 1. The highest BCUT2D eigenvalue weighted by molar-refractivity contribution is 7.22. The van der Waals surface area contributed by atoms with Crippen LogP contribution in [-0.2, 0) is 9.53 Å². The fourth-order valence-electron chi connectivity index (χ4n) is 5.26. The lowest BCUT2D eigenvalue weighted by atomic mass is 9.76. The van der Waals surface area contributed by atoms with Crippen LogP contribution in [0.2, 0.25) is 0 Å². The van der Waals surface area contributed by atoms with E-state index >= 15 is 0 Å². The molecule has 30 heavy (non-hydrogen) atoms. The van der Waals surface area contributed by atoms with Crippen molar-refractivity contribution in [3.05, 3.63) is 23.3 Å². The third-order valence-corrected chi connectivity index (χ3v) is 7.77. The fourth-order valence-corrected chi connectivity index (χ4v) is 6.11. The van der Waals surface area contributed by atoms with Crippen molar-refractivity contribution in [3.63, 3.8) is 0 Å². The van der Waals surface area contributed by atoms with Crippen molar-refractivity contribution in [2.75, 3.05) is 38.5 Å². The Labute approximate surface area is 180 Å². The third-order valence-electron chi connectivity index (χ3n) is 6.94. The van der Waals surface area contributed by atoms with Crippen LogP contribution in [0.4, 0.5) is 5.13 Å². The topological polar surface area (TPSA) is 88.8 Å². The second-order valence-electron chi connectivity index (χ2n) is 9.00. The van der Waals surface area contributed by atoms with Gasteiger partial charge >= 0.3 is 5.97 Å². The summed E-state index contributed by atoms with van der Waals surface area (Å²) in [6, 6.07) is 3.78. The molecule has 8 heteroatoms. The van der Waals surface area contributed by atoms with Gasteiger partial charge in [-0.1, -0.05) is 11.3 Å². The van der Waals surface area contributed by atoms with Crippen LogP contribution >= 0.6 is 11.3 Å². The van der Waals surface area contributed by atoms with E-state index in [2.05, 4.69) is 9.88 Å². The second kappa shape index (κ2) is 7.50. The number of fused-ring (bicyclic) bond motifs is 1. The van der Waals surface area contributed by atoms with Crippen molar-refractivity contribution in [1.29, 1.82) is 0 Å². The van der Waals surface area contributed by atoms with E-state index in [9.17, 15) is 9.59 Å². The van der Waals surface area contributed by atoms with Gasteiger partial charge in [-0.3, -0.25) is 14.5 Å². The minimum absolute atomic E-state index is 0.000282. The highest BCUT2D eigenvalue weighted by atomic mass is 32.1. The van der Waals surface area contributed by atoms with Gasteiger partial charge in [0.05, 0.1) is 15.6 Å². The van der Waals surface area contributed by atoms with E-state index in [4.69, 9.17) is 10.5 Å². The number of nitrogens with two attached hydrogens (primary N) is 1. The van der Waals surface area contributed by atoms with Crippen molar-refractivity contribution in [2.45, 2.75) is 45.1 Å². The van der Waals surface area contributed by atoms with E-state index in [-0.39, 0.29) is 18.0 Å². The van der Waals surface area contributed by atoms with Crippen molar-refractivity contribution in [3.8, 4) is 0 Å². The van der Waals surface area contributed by atoms with Gasteiger partial charge in [-0.05, 0) is 63.4 Å². The lowest BCUT2D eigenvalue weighted by molar-refractivity contribution is -0.150. The number of esters is 1. The molecule has 3 saturated heterocycles. The second-order valence-corrected chi connectivity index (χ2v) is 10.1. The molecule has 0 radical (unpaired) electrons. The van der Waals surface area contributed by atoms with Gasteiger partial charge in [0, 0.05) is 31.6 Å². The van der Waals surface area contributed by atoms with Gasteiger partial charge in [-0.15, -0.1) is 0 Å². The summed E-state index contributed by atoms with van der Waals surface area (Å²) in [5.74, 6) is -0.0435. The molecule has 3 fully saturated rings. The molecule has 0 bridgehead atoms. The molecule has 1 aromatic carbocycles. The molecule has 4 heterocycles. The molecule has 2 N–H and O–H groups in total. The minimum Gasteiger partial charge on any atom is -0.461 e. The maximum absolute atomic E-state index is 13.1. The molecule has 5 rings (SSSR count). The number of aryl methyl sites for hydroxylation is 1. The van der Waals surface area contributed by atoms with E-state index < -0.39 is 5.41 Å². The van der Waals surface area contributed by atoms with Gasteiger partial charge in [0.15, 0.2) is 5.13 Å². The highest BCUT2D eigenvalue weighted by Crippen LogP contribution is 2.43. The van der Waals surface area contributed by atoms with Crippen LogP contribution in [0.15, 0.2) is 12.1 Å². The van der Waals surface area contributed by atoms with Crippen LogP contribution in [0.25, 0.3) is 10.2 Å². The van der Waals surface area contributed by atoms with Crippen molar-refractivity contribution >= 4 is 38.6 Å². The Kier molecular flexibility index (Phi) is 4.94. The zero-order valence-electron chi connectivity index (χ0n) is 17.4. The Balaban J connectivity index is 1.25. The maximum Gasteiger partial charge on any atom is 0.312 e. The Morgan fingerprint density at radius 2 is 2.00 bits per heavy atom. The molecular weight excluding hydrogens is 400 g/mol. The van der Waals surface area contributed by atoms with E-state index in [1.54, 1.807) is 0 Å². The molecule has 0 aliphatic carbocycles. The van der Waals surface area contributed by atoms with Gasteiger partial charge in [0.1, 0.15) is 6.10 Å². The number of carbonyl (C=O) groups is 2. The largest absolute Gasteiger partial charge is 0.461 e. The Morgan fingerprint density at radius 3 is 2.73 bits per heavy atom. The first-order valence-corrected chi connectivity index (χ1v) is 11.6. The molecule has 0 saturated carbocycles. The molecule has 1 unspecified atom stereocenters. The normalized spacial score (nSPS) is 24.1. The Bertz CT molecular complexity index is 990. The van der Waals surface area contributed by atoms with Crippen LogP contribution in [0, 0.1) is 12.3 Å². The number of aromatic nitrogens is 1. The number of likely N-dealkylation sites (tertiary alicyclic amines) is 2. The van der Waals surface area contributed by atoms with Crippen LogP contribution < -0.4 is 5.73 Å². The lowest BCUT2D eigenvalue weighted by Gasteiger charge is -2.36. The quantitative estimate of drug-likeness (QED) is 0.757. The summed E-state index contributed by atoms with van der Waals surface area (Å²) >= 11 is 1.40. The molecule has 1 spiro atoms. The fraction of sp³-hybridized carbons (Fsp3) is 0.591. The molecule has 2 aromatic rings. The smallest absolute Gasteiger partial charge is 0.312 e. The molecule has 3 aliphatic heterocycles. The van der Waals surface area contributed by atoms with Crippen molar-refractivity contribution in [1.82, 2.24) is 14.8 Å². The summed E-state index contributed by atoms with van der Waals surface area (Å²) in [7, 11) is 0. The van der Waals surface area contributed by atoms with Crippen LogP contribution in [-0.4, -0.2) is 65.5 Å². The number of hydrogen-bond acceptors (Lipinski definition) is 7. The first-order valence-electron chi connectivity index (χ1n) is 10.8. The Morgan fingerprint density at radius 1 is 1.27 bits per heavy atom. The summed E-state index contributed by atoms with van der Waals surface area (Å²) in [5, 5.41) is 0.515. The molecule has 1 amide bonds. The first kappa shape index (κ1) is 19.8. The number of carbonyl (C=O) groups excluding carboxylic acids is 2. The number of nitrogens with zero attached hydrogens (tertiary/aromatic N) is 3. The van der Waals surface area contributed by atoms with E-state index in [0.29, 0.717) is 36.6 Å². The summed E-state index contributed by atoms with van der Waals surface area (Å²) < 4.78 is 6.70. The van der Waals surface area contributed by atoms with Gasteiger partial charge in [-0.25, -0.2) is 4.98 Å². The molecule has 1 atom stereocenters. The van der Waals surface area contributed by atoms with E-state index in [1.807, 2.05) is 24.0 Å². The number of benzene rings is 1. The predicted octanol–water partition coefficient (Wildman–Crippen LogP) is 2.82. The Hall–Kier alpha value is -2.19. The standard InChI is InChI=1S/C22H28N4O3S/c1-14-10-15(11-17-18(14)24-21(23)30-17)19(27)26-8-4-22(5-9-26)12-16(29-20(22)28)13-25-6-2-3-7-25/h10-11,16H,2-9,12-13H2,1H3,(H2,23,24). The third kappa shape index (κ3) is 3.46. The predicted molar refractivity (Wildman–Crippen MR) is 117 cm³/mol. The molecular formula is C22H28N4O3S. The number of cyclic esters (lactones) is 1. The van der Waals surface area contributed by atoms with Gasteiger partial charge in [0.25, 0.3) is 5.91 Å². The number of rotatable bonds is 3. The first-order chi connectivity index (χ1) is 14.4. The molecule has 3 aliphatic rings. The number of anilines is 1. The van der Waals surface area contributed by atoms with Crippen molar-refractivity contribution in [2.24, 2.45) is 5.41 Å².